The van der Waals surface area contributed by atoms with Crippen LogP contribution in [-0.4, -0.2) is 19.5 Å². The summed E-state index contributed by atoms with van der Waals surface area (Å²) in [5.41, 5.74) is 9.80. The molecule has 1 N–H and O–H groups in total. The topological polar surface area (TPSA) is 46.5 Å². The van der Waals surface area contributed by atoms with Crippen molar-refractivity contribution in [2.45, 2.75) is 0 Å². The van der Waals surface area contributed by atoms with Gasteiger partial charge in [-0.15, -0.1) is 11.3 Å². The lowest BCUT2D eigenvalue weighted by atomic mass is 10.00. The molecule has 0 saturated carbocycles. The molecule has 7 aromatic carbocycles. The van der Waals surface area contributed by atoms with E-state index in [4.69, 9.17) is 9.97 Å². The van der Waals surface area contributed by atoms with Crippen molar-refractivity contribution >= 4 is 86.0 Å². The van der Waals surface area contributed by atoms with Crippen molar-refractivity contribution in [3.8, 4) is 28.3 Å². The molecule has 0 saturated heterocycles. The van der Waals surface area contributed by atoms with Crippen molar-refractivity contribution in [1.29, 1.82) is 0 Å². The van der Waals surface area contributed by atoms with Crippen molar-refractivity contribution in [2.24, 2.45) is 0 Å². The zero-order chi connectivity index (χ0) is 32.1. The zero-order valence-electron chi connectivity index (χ0n) is 26.2. The highest BCUT2D eigenvalue weighted by molar-refractivity contribution is 7.25. The molecule has 0 atom stereocenters. The van der Waals surface area contributed by atoms with Gasteiger partial charge < -0.3 is 4.98 Å². The summed E-state index contributed by atoms with van der Waals surface area (Å²) in [4.78, 5) is 14.1. The number of fused-ring (bicyclic) bond motifs is 10. The van der Waals surface area contributed by atoms with E-state index in [-0.39, 0.29) is 0 Å². The average Bonchev–Trinajstić information content (AvgIpc) is 3.82. The lowest BCUT2D eigenvalue weighted by Crippen LogP contribution is -2.03. The van der Waals surface area contributed by atoms with Crippen LogP contribution in [-0.2, 0) is 0 Å². The Morgan fingerprint density at radius 3 is 2.02 bits per heavy atom. The van der Waals surface area contributed by atoms with Gasteiger partial charge in [0.1, 0.15) is 0 Å². The van der Waals surface area contributed by atoms with Gasteiger partial charge in [-0.2, -0.15) is 0 Å². The molecular formula is C44H26N4S. The molecule has 49 heavy (non-hydrogen) atoms. The van der Waals surface area contributed by atoms with E-state index in [0.29, 0.717) is 5.95 Å². The van der Waals surface area contributed by atoms with Crippen LogP contribution in [0.1, 0.15) is 0 Å². The Labute approximate surface area is 284 Å². The smallest absolute Gasteiger partial charge is 0.235 e. The second-order valence-corrected chi connectivity index (χ2v) is 13.8. The van der Waals surface area contributed by atoms with Gasteiger partial charge in [-0.1, -0.05) is 97.1 Å². The van der Waals surface area contributed by atoms with Gasteiger partial charge in [-0.3, -0.25) is 4.57 Å². The molecule has 5 heteroatoms. The fourth-order valence-electron chi connectivity index (χ4n) is 7.65. The van der Waals surface area contributed by atoms with Crippen molar-refractivity contribution < 1.29 is 0 Å². The van der Waals surface area contributed by atoms with Crippen LogP contribution in [0.5, 0.6) is 0 Å². The number of thiophene rings is 1. The van der Waals surface area contributed by atoms with Crippen molar-refractivity contribution in [3.63, 3.8) is 0 Å². The van der Waals surface area contributed by atoms with Crippen molar-refractivity contribution in [2.75, 3.05) is 0 Å². The van der Waals surface area contributed by atoms with Crippen LogP contribution in [0.4, 0.5) is 0 Å². The van der Waals surface area contributed by atoms with E-state index in [1.807, 2.05) is 23.5 Å². The molecule has 0 radical (unpaired) electrons. The quantitative estimate of drug-likeness (QED) is 0.208. The highest BCUT2D eigenvalue weighted by Gasteiger charge is 2.18. The average molecular weight is 643 g/mol. The number of para-hydroxylation sites is 2. The second kappa shape index (κ2) is 10.1. The van der Waals surface area contributed by atoms with E-state index in [9.17, 15) is 0 Å². The number of nitrogens with zero attached hydrogens (tertiary/aromatic N) is 3. The third-order valence-corrected chi connectivity index (χ3v) is 11.1. The maximum atomic E-state index is 5.24. The predicted octanol–water partition coefficient (Wildman–Crippen LogP) is 12.1. The minimum absolute atomic E-state index is 0.670. The van der Waals surface area contributed by atoms with Crippen LogP contribution >= 0.6 is 11.3 Å². The van der Waals surface area contributed by atoms with Gasteiger partial charge in [-0.25, -0.2) is 9.97 Å². The summed E-state index contributed by atoms with van der Waals surface area (Å²) in [6.07, 6.45) is 0. The molecule has 0 unspecified atom stereocenters. The first-order chi connectivity index (χ1) is 24.3. The Morgan fingerprint density at radius 1 is 0.429 bits per heavy atom. The number of benzene rings is 7. The highest BCUT2D eigenvalue weighted by Crippen LogP contribution is 2.40. The maximum Gasteiger partial charge on any atom is 0.235 e. The zero-order valence-corrected chi connectivity index (χ0v) is 27.0. The Kier molecular flexibility index (Phi) is 5.51. The molecule has 0 amide bonds. The van der Waals surface area contributed by atoms with Crippen LogP contribution < -0.4 is 0 Å². The number of aromatic amines is 1. The van der Waals surface area contributed by atoms with Crippen molar-refractivity contribution in [1.82, 2.24) is 19.5 Å². The summed E-state index contributed by atoms with van der Waals surface area (Å²) in [6.45, 7) is 0. The van der Waals surface area contributed by atoms with Crippen LogP contribution in [0.3, 0.4) is 0 Å². The molecule has 228 valence electrons. The van der Waals surface area contributed by atoms with Crippen LogP contribution in [0.2, 0.25) is 0 Å². The summed E-state index contributed by atoms with van der Waals surface area (Å²) in [7, 11) is 0. The highest BCUT2D eigenvalue weighted by atomic mass is 32.1. The number of hydrogen-bond acceptors (Lipinski definition) is 3. The molecule has 11 aromatic rings. The largest absolute Gasteiger partial charge is 0.354 e. The third-order valence-electron chi connectivity index (χ3n) is 9.94. The molecule has 4 aromatic heterocycles. The van der Waals surface area contributed by atoms with Gasteiger partial charge in [0.15, 0.2) is 0 Å². The van der Waals surface area contributed by atoms with E-state index in [1.165, 1.54) is 58.4 Å². The number of rotatable bonds is 3. The van der Waals surface area contributed by atoms with Crippen LogP contribution in [0, 0.1) is 0 Å². The molecule has 11 rings (SSSR count). The van der Waals surface area contributed by atoms with Gasteiger partial charge >= 0.3 is 0 Å². The summed E-state index contributed by atoms with van der Waals surface area (Å²) in [5.74, 6) is 0.670. The molecule has 0 aliphatic rings. The minimum Gasteiger partial charge on any atom is -0.354 e. The summed E-state index contributed by atoms with van der Waals surface area (Å²) in [5, 5.41) is 8.54. The fourth-order valence-corrected chi connectivity index (χ4v) is 8.77. The number of hydrogen-bond donors (Lipinski definition) is 1. The standard InChI is InChI=1S/C44H26N4S/c1-2-10-26(11-3-1)43-31-14-4-7-15-36(31)46-44(47-43)48-39-16-8-5-12-29(39)34-23-28(19-21-40(34)48)27-18-20-37-32(22-27)33-24-35-30-13-6-9-17-41(30)49-42(35)25-38(33)45-37/h1-25,45H. The van der Waals surface area contributed by atoms with Gasteiger partial charge in [0.25, 0.3) is 0 Å². The van der Waals surface area contributed by atoms with Gasteiger partial charge in [0, 0.05) is 63.7 Å². The number of nitrogens with one attached hydrogen (secondary N) is 1. The maximum absolute atomic E-state index is 5.24. The van der Waals surface area contributed by atoms with Gasteiger partial charge in [0.05, 0.1) is 22.2 Å². The molecule has 4 heterocycles. The Bertz CT molecular complexity index is 3110. The third kappa shape index (κ3) is 3.97. The summed E-state index contributed by atoms with van der Waals surface area (Å²) in [6, 6.07) is 54.2. The normalized spacial score (nSPS) is 12.1. The Hall–Kier alpha value is -6.30. The fraction of sp³-hybridized carbons (Fsp3) is 0. The first kappa shape index (κ1) is 26.7. The second-order valence-electron chi connectivity index (χ2n) is 12.7. The lowest BCUT2D eigenvalue weighted by molar-refractivity contribution is 1.01. The van der Waals surface area contributed by atoms with Gasteiger partial charge in [0.2, 0.25) is 5.95 Å². The van der Waals surface area contributed by atoms with E-state index >= 15 is 0 Å². The van der Waals surface area contributed by atoms with E-state index in [0.717, 1.165) is 38.7 Å². The molecule has 0 fully saturated rings. The summed E-state index contributed by atoms with van der Waals surface area (Å²) < 4.78 is 4.86. The number of aromatic nitrogens is 4. The number of H-pyrrole nitrogens is 1. The molecule has 0 aliphatic heterocycles. The Balaban J connectivity index is 1.11. The predicted molar refractivity (Wildman–Crippen MR) is 207 cm³/mol. The molecule has 4 nitrogen and oxygen atoms in total. The first-order valence-electron chi connectivity index (χ1n) is 16.5. The molecular weight excluding hydrogens is 617 g/mol. The summed E-state index contributed by atoms with van der Waals surface area (Å²) >= 11 is 1.86. The van der Waals surface area contributed by atoms with Crippen LogP contribution in [0.25, 0.3) is 103 Å². The van der Waals surface area contributed by atoms with E-state index < -0.39 is 0 Å². The van der Waals surface area contributed by atoms with Gasteiger partial charge in [-0.05, 0) is 65.7 Å². The SMILES string of the molecule is c1ccc(-c2nc(-n3c4ccccc4c4cc(-c5ccc6[nH]c7cc8sc9ccccc9c8cc7c6c5)ccc43)nc3ccccc23)cc1. The van der Waals surface area contributed by atoms with E-state index in [2.05, 4.69) is 149 Å². The molecule has 0 bridgehead atoms. The Morgan fingerprint density at radius 2 is 1.12 bits per heavy atom. The monoisotopic (exact) mass is 642 g/mol. The molecule has 0 spiro atoms. The lowest BCUT2D eigenvalue weighted by Gasteiger charge is -2.12. The van der Waals surface area contributed by atoms with E-state index in [1.54, 1.807) is 0 Å². The molecule has 0 aliphatic carbocycles. The minimum atomic E-state index is 0.670. The van der Waals surface area contributed by atoms with Crippen LogP contribution in [0.15, 0.2) is 152 Å². The van der Waals surface area contributed by atoms with Crippen molar-refractivity contribution in [3.05, 3.63) is 152 Å². The first-order valence-corrected chi connectivity index (χ1v) is 17.3.